The zero-order valence-corrected chi connectivity index (χ0v) is 10.6. The van der Waals surface area contributed by atoms with Crippen LogP contribution in [0.2, 0.25) is 5.02 Å². The molecule has 0 fully saturated rings. The molecule has 1 atom stereocenters. The maximum atomic E-state index is 6.14. The minimum atomic E-state index is 0.0437. The molecule has 17 heavy (non-hydrogen) atoms. The van der Waals surface area contributed by atoms with Gasteiger partial charge in [-0.05, 0) is 18.4 Å². The molecule has 1 aromatic heterocycles. The molecule has 2 rings (SSSR count). The van der Waals surface area contributed by atoms with Crippen LogP contribution in [0.25, 0.3) is 0 Å². The molecule has 0 aliphatic carbocycles. The van der Waals surface area contributed by atoms with E-state index in [-0.39, 0.29) is 6.04 Å². The van der Waals surface area contributed by atoms with E-state index in [1.807, 2.05) is 25.2 Å². The molecule has 90 valence electrons. The molecule has 2 N–H and O–H groups in total. The fraction of sp³-hybridized carbons (Fsp3) is 0.308. The average Bonchev–Trinajstić information content (AvgIpc) is 2.67. The summed E-state index contributed by atoms with van der Waals surface area (Å²) >= 11 is 6.05. The highest BCUT2D eigenvalue weighted by Gasteiger charge is 2.10. The Morgan fingerprint density at radius 3 is 2.65 bits per heavy atom. The standard InChI is InChI=1S/C13H16ClN3/c1-17-13(11(14)9-16-17)8-7-12(15)10-5-3-2-4-6-10/h2-6,9,12H,7-8,15H2,1H3. The second-order valence-electron chi connectivity index (χ2n) is 4.12. The lowest BCUT2D eigenvalue weighted by Gasteiger charge is -2.12. The van der Waals surface area contributed by atoms with Crippen LogP contribution >= 0.6 is 11.6 Å². The SMILES string of the molecule is Cn1ncc(Cl)c1CCC(N)c1ccccc1. The van der Waals surface area contributed by atoms with Crippen LogP contribution in [0.4, 0.5) is 0 Å². The molecule has 0 saturated heterocycles. The molecule has 1 unspecified atom stereocenters. The van der Waals surface area contributed by atoms with Gasteiger partial charge in [0.05, 0.1) is 16.9 Å². The fourth-order valence-electron chi connectivity index (χ4n) is 1.88. The zero-order chi connectivity index (χ0) is 12.3. The molecule has 1 aromatic carbocycles. The summed E-state index contributed by atoms with van der Waals surface area (Å²) in [6, 6.07) is 10.2. The van der Waals surface area contributed by atoms with Crippen LogP contribution in [0.5, 0.6) is 0 Å². The summed E-state index contributed by atoms with van der Waals surface area (Å²) in [6.45, 7) is 0. The van der Waals surface area contributed by atoms with E-state index in [0.29, 0.717) is 5.02 Å². The number of hydrogen-bond donors (Lipinski definition) is 1. The maximum Gasteiger partial charge on any atom is 0.0817 e. The Morgan fingerprint density at radius 1 is 1.35 bits per heavy atom. The third-order valence-corrected chi connectivity index (χ3v) is 3.25. The van der Waals surface area contributed by atoms with Gasteiger partial charge in [0.1, 0.15) is 0 Å². The molecule has 0 spiro atoms. The van der Waals surface area contributed by atoms with Crippen LogP contribution in [0.1, 0.15) is 23.7 Å². The highest BCUT2D eigenvalue weighted by Crippen LogP contribution is 2.20. The third-order valence-electron chi connectivity index (χ3n) is 2.93. The van der Waals surface area contributed by atoms with Crippen molar-refractivity contribution in [2.45, 2.75) is 18.9 Å². The predicted octanol–water partition coefficient (Wildman–Crippen LogP) is 2.71. The number of halogens is 1. The Bertz CT molecular complexity index is 459. The summed E-state index contributed by atoms with van der Waals surface area (Å²) in [5.41, 5.74) is 8.34. The summed E-state index contributed by atoms with van der Waals surface area (Å²) in [5.74, 6) is 0. The van der Waals surface area contributed by atoms with Gasteiger partial charge in [0, 0.05) is 13.1 Å². The van der Waals surface area contributed by atoms with Crippen LogP contribution in [0.3, 0.4) is 0 Å². The van der Waals surface area contributed by atoms with E-state index in [2.05, 4.69) is 17.2 Å². The predicted molar refractivity (Wildman–Crippen MR) is 69.9 cm³/mol. The van der Waals surface area contributed by atoms with Gasteiger partial charge in [0.25, 0.3) is 0 Å². The Balaban J connectivity index is 1.99. The number of benzene rings is 1. The van der Waals surface area contributed by atoms with E-state index in [4.69, 9.17) is 17.3 Å². The lowest BCUT2D eigenvalue weighted by atomic mass is 10.0. The van der Waals surface area contributed by atoms with Crippen molar-refractivity contribution in [2.24, 2.45) is 12.8 Å². The van der Waals surface area contributed by atoms with E-state index in [1.54, 1.807) is 10.9 Å². The van der Waals surface area contributed by atoms with Crippen molar-refractivity contribution in [2.75, 3.05) is 0 Å². The number of nitrogens with two attached hydrogens (primary N) is 1. The highest BCUT2D eigenvalue weighted by molar-refractivity contribution is 6.31. The normalized spacial score (nSPS) is 12.6. The zero-order valence-electron chi connectivity index (χ0n) is 9.81. The first-order valence-electron chi connectivity index (χ1n) is 5.65. The molecule has 3 nitrogen and oxygen atoms in total. The minimum absolute atomic E-state index is 0.0437. The second kappa shape index (κ2) is 5.34. The highest BCUT2D eigenvalue weighted by atomic mass is 35.5. The number of aromatic nitrogens is 2. The summed E-state index contributed by atoms with van der Waals surface area (Å²) in [5, 5.41) is 4.83. The van der Waals surface area contributed by atoms with E-state index in [0.717, 1.165) is 24.1 Å². The van der Waals surface area contributed by atoms with Crippen molar-refractivity contribution in [3.8, 4) is 0 Å². The number of aryl methyl sites for hydroxylation is 1. The Morgan fingerprint density at radius 2 is 2.06 bits per heavy atom. The van der Waals surface area contributed by atoms with Gasteiger partial charge in [-0.25, -0.2) is 0 Å². The second-order valence-corrected chi connectivity index (χ2v) is 4.53. The molecule has 0 aliphatic rings. The largest absolute Gasteiger partial charge is 0.324 e. The van der Waals surface area contributed by atoms with E-state index in [9.17, 15) is 0 Å². The molecule has 2 aromatic rings. The first kappa shape index (κ1) is 12.1. The summed E-state index contributed by atoms with van der Waals surface area (Å²) in [4.78, 5) is 0. The van der Waals surface area contributed by atoms with Gasteiger partial charge in [0.2, 0.25) is 0 Å². The molecular formula is C13H16ClN3. The smallest absolute Gasteiger partial charge is 0.0817 e. The van der Waals surface area contributed by atoms with Crippen molar-refractivity contribution >= 4 is 11.6 Å². The van der Waals surface area contributed by atoms with Gasteiger partial charge in [-0.1, -0.05) is 41.9 Å². The molecule has 0 amide bonds. The first-order valence-corrected chi connectivity index (χ1v) is 6.03. The quantitative estimate of drug-likeness (QED) is 0.906. The van der Waals surface area contributed by atoms with Crippen LogP contribution in [-0.4, -0.2) is 9.78 Å². The number of nitrogens with zero attached hydrogens (tertiary/aromatic N) is 2. The van der Waals surface area contributed by atoms with Crippen molar-refractivity contribution in [1.82, 2.24) is 9.78 Å². The topological polar surface area (TPSA) is 43.8 Å². The van der Waals surface area contributed by atoms with Crippen molar-refractivity contribution in [3.63, 3.8) is 0 Å². The van der Waals surface area contributed by atoms with Crippen LogP contribution in [0, 0.1) is 0 Å². The van der Waals surface area contributed by atoms with Gasteiger partial charge in [0.15, 0.2) is 0 Å². The summed E-state index contributed by atoms with van der Waals surface area (Å²) < 4.78 is 1.81. The summed E-state index contributed by atoms with van der Waals surface area (Å²) in [6.07, 6.45) is 3.37. The fourth-order valence-corrected chi connectivity index (χ4v) is 2.14. The molecule has 0 aliphatic heterocycles. The van der Waals surface area contributed by atoms with Gasteiger partial charge in [-0.15, -0.1) is 0 Å². The Kier molecular flexibility index (Phi) is 3.82. The lowest BCUT2D eigenvalue weighted by molar-refractivity contribution is 0.614. The van der Waals surface area contributed by atoms with E-state index < -0.39 is 0 Å². The first-order chi connectivity index (χ1) is 8.18. The van der Waals surface area contributed by atoms with Gasteiger partial charge in [-0.3, -0.25) is 4.68 Å². The van der Waals surface area contributed by atoms with Crippen molar-refractivity contribution in [3.05, 3.63) is 52.8 Å². The molecular weight excluding hydrogens is 234 g/mol. The minimum Gasteiger partial charge on any atom is -0.324 e. The van der Waals surface area contributed by atoms with Crippen LogP contribution in [0.15, 0.2) is 36.5 Å². The van der Waals surface area contributed by atoms with E-state index in [1.165, 1.54) is 0 Å². The third kappa shape index (κ3) is 2.87. The number of rotatable bonds is 4. The maximum absolute atomic E-state index is 6.14. The van der Waals surface area contributed by atoms with Crippen LogP contribution in [-0.2, 0) is 13.5 Å². The van der Waals surface area contributed by atoms with E-state index >= 15 is 0 Å². The monoisotopic (exact) mass is 249 g/mol. The van der Waals surface area contributed by atoms with Crippen molar-refractivity contribution in [1.29, 1.82) is 0 Å². The summed E-state index contributed by atoms with van der Waals surface area (Å²) in [7, 11) is 1.90. The van der Waals surface area contributed by atoms with Gasteiger partial charge < -0.3 is 5.73 Å². The average molecular weight is 250 g/mol. The van der Waals surface area contributed by atoms with Gasteiger partial charge in [-0.2, -0.15) is 5.10 Å². The number of hydrogen-bond acceptors (Lipinski definition) is 2. The Labute approximate surface area is 106 Å². The molecule has 0 radical (unpaired) electrons. The lowest BCUT2D eigenvalue weighted by Crippen LogP contribution is -2.12. The Hall–Kier alpha value is -1.32. The van der Waals surface area contributed by atoms with Gasteiger partial charge >= 0.3 is 0 Å². The molecule has 1 heterocycles. The molecule has 0 bridgehead atoms. The molecule has 4 heteroatoms. The van der Waals surface area contributed by atoms with Crippen molar-refractivity contribution < 1.29 is 0 Å². The molecule has 0 saturated carbocycles. The van der Waals surface area contributed by atoms with Crippen LogP contribution < -0.4 is 5.73 Å².